The molecule has 0 radical (unpaired) electrons. The van der Waals surface area contributed by atoms with Gasteiger partial charge >= 0.3 is 19.7 Å². The first-order chi connectivity index (χ1) is 16.2. The van der Waals surface area contributed by atoms with Crippen molar-refractivity contribution in [3.05, 3.63) is 59.7 Å². The molecule has 0 saturated heterocycles. The van der Waals surface area contributed by atoms with Crippen molar-refractivity contribution in [1.82, 2.24) is 10.6 Å². The number of rotatable bonds is 13. The molecule has 0 saturated carbocycles. The van der Waals surface area contributed by atoms with E-state index in [0.29, 0.717) is 36.2 Å². The van der Waals surface area contributed by atoms with Gasteiger partial charge in [-0.25, -0.2) is 9.59 Å². The number of benzene rings is 2. The second kappa shape index (κ2) is 14.7. The largest absolute Gasteiger partial charge is 0.377 e. The lowest BCUT2D eigenvalue weighted by atomic mass is 10.2. The molecule has 0 aliphatic heterocycles. The van der Waals surface area contributed by atoms with Crippen LogP contribution in [0.15, 0.2) is 48.5 Å². The van der Waals surface area contributed by atoms with Crippen molar-refractivity contribution < 1.29 is 28.8 Å². The summed E-state index contributed by atoms with van der Waals surface area (Å²) in [6.45, 7) is 1.07. The van der Waals surface area contributed by atoms with Gasteiger partial charge in [0.05, 0.1) is 6.16 Å². The molecule has 1 atom stereocenters. The number of amides is 4. The van der Waals surface area contributed by atoms with Gasteiger partial charge in [0, 0.05) is 39.4 Å². The Morgan fingerprint density at radius 2 is 1.18 bits per heavy atom. The lowest BCUT2D eigenvalue weighted by Crippen LogP contribution is -2.30. The van der Waals surface area contributed by atoms with Crippen molar-refractivity contribution in [2.24, 2.45) is 0 Å². The van der Waals surface area contributed by atoms with Crippen LogP contribution in [0.25, 0.3) is 0 Å². The Morgan fingerprint density at radius 3 is 1.59 bits per heavy atom. The highest BCUT2D eigenvalue weighted by molar-refractivity contribution is 7.50. The topological polar surface area (TPSA) is 160 Å². The van der Waals surface area contributed by atoms with Crippen LogP contribution in [0, 0.1) is 0 Å². The third-order valence-corrected chi connectivity index (χ3v) is 6.11. The molecule has 0 aromatic heterocycles. The second-order valence-corrected chi connectivity index (χ2v) is 10.0. The average molecular weight is 510 g/mol. The summed E-state index contributed by atoms with van der Waals surface area (Å²) in [5.74, 6) is 0. The maximum absolute atomic E-state index is 11.9. The van der Waals surface area contributed by atoms with Gasteiger partial charge in [0.1, 0.15) is 0 Å². The number of carbonyl (C=O) groups is 2. The lowest BCUT2D eigenvalue weighted by molar-refractivity contribution is 0.250. The quantitative estimate of drug-likeness (QED) is 0.160. The van der Waals surface area contributed by atoms with Crippen LogP contribution >= 0.6 is 16.4 Å². The molecule has 0 spiro atoms. The van der Waals surface area contributed by atoms with E-state index in [-0.39, 0.29) is 27.0 Å². The summed E-state index contributed by atoms with van der Waals surface area (Å²) in [6, 6.07) is 13.1. The molecule has 1 unspecified atom stereocenters. The summed E-state index contributed by atoms with van der Waals surface area (Å²) in [5.41, 5.74) is 2.76. The van der Waals surface area contributed by atoms with Crippen LogP contribution in [0.4, 0.5) is 21.0 Å². The van der Waals surface area contributed by atoms with Crippen LogP contribution in [0.2, 0.25) is 0 Å². The molecule has 4 amide bonds. The fourth-order valence-electron chi connectivity index (χ4n) is 3.09. The molecule has 0 bridgehead atoms. The minimum atomic E-state index is -4.11. The number of hydrogen-bond donors (Lipinski definition) is 7. The predicted octanol–water partition coefficient (Wildman–Crippen LogP) is 3.95. The van der Waals surface area contributed by atoms with Gasteiger partial charge < -0.3 is 35.9 Å². The van der Waals surface area contributed by atoms with E-state index in [9.17, 15) is 14.2 Å². The van der Waals surface area contributed by atoms with E-state index in [1.807, 2.05) is 12.1 Å². The van der Waals surface area contributed by atoms with Crippen LogP contribution < -0.4 is 21.3 Å². The lowest BCUT2D eigenvalue weighted by Gasteiger charge is -2.09. The van der Waals surface area contributed by atoms with Crippen LogP contribution in [0.3, 0.4) is 0 Å². The number of unbranched alkanes of at least 4 members (excludes halogenated alkanes) is 3. The van der Waals surface area contributed by atoms with Crippen molar-refractivity contribution in [1.29, 1.82) is 0 Å². The third-order valence-electron chi connectivity index (χ3n) is 4.77. The Labute approximate surface area is 201 Å². The summed E-state index contributed by atoms with van der Waals surface area (Å²) in [6.07, 6.45) is 3.75. The fraction of sp³-hybridized carbons (Fsp3) is 0.364. The highest BCUT2D eigenvalue weighted by atomic mass is 31.2. The first kappa shape index (κ1) is 27.8. The van der Waals surface area contributed by atoms with Gasteiger partial charge in [-0.2, -0.15) is 0 Å². The summed E-state index contributed by atoms with van der Waals surface area (Å²) in [7, 11) is -4.24. The maximum atomic E-state index is 11.9. The Morgan fingerprint density at radius 1 is 0.735 bits per heavy atom. The van der Waals surface area contributed by atoms with Gasteiger partial charge in [0.15, 0.2) is 0 Å². The maximum Gasteiger partial charge on any atom is 0.329 e. The SMILES string of the molecule is O=C(NCCCCCCNC(=O)Nc1ccc(CP(=O)(O)O)cc1)Nc1ccc(CPO)cc1. The molecule has 0 aliphatic rings. The average Bonchev–Trinajstić information content (AvgIpc) is 2.77. The van der Waals surface area contributed by atoms with Gasteiger partial charge in [-0.05, 0) is 48.2 Å². The number of anilines is 2. The molecule has 0 fully saturated rings. The van der Waals surface area contributed by atoms with Crippen molar-refractivity contribution >= 4 is 39.8 Å². The van der Waals surface area contributed by atoms with Crippen LogP contribution in [-0.4, -0.2) is 39.8 Å². The molecule has 2 aromatic carbocycles. The van der Waals surface area contributed by atoms with Gasteiger partial charge in [-0.1, -0.05) is 37.1 Å². The highest BCUT2D eigenvalue weighted by Gasteiger charge is 2.13. The molecule has 7 N–H and O–H groups in total. The first-order valence-electron chi connectivity index (χ1n) is 10.9. The predicted molar refractivity (Wildman–Crippen MR) is 135 cm³/mol. The summed E-state index contributed by atoms with van der Waals surface area (Å²) < 4.78 is 11.0. The number of nitrogens with one attached hydrogen (secondary N) is 4. The van der Waals surface area contributed by atoms with Crippen LogP contribution in [-0.2, 0) is 16.9 Å². The van der Waals surface area contributed by atoms with E-state index in [0.717, 1.165) is 31.2 Å². The van der Waals surface area contributed by atoms with E-state index < -0.39 is 7.60 Å². The van der Waals surface area contributed by atoms with Gasteiger partial charge in [-0.15, -0.1) is 0 Å². The van der Waals surface area contributed by atoms with Gasteiger partial charge in [-0.3, -0.25) is 4.57 Å². The molecular formula is C22H32N4O6P2. The van der Waals surface area contributed by atoms with E-state index in [4.69, 9.17) is 14.7 Å². The Kier molecular flexibility index (Phi) is 12.0. The number of carbonyl (C=O) groups excluding carboxylic acids is 2. The molecule has 186 valence electrons. The fourth-order valence-corrected chi connectivity index (χ4v) is 4.19. The molecular weight excluding hydrogens is 478 g/mol. The van der Waals surface area contributed by atoms with Crippen molar-refractivity contribution in [3.8, 4) is 0 Å². The zero-order valence-electron chi connectivity index (χ0n) is 18.8. The molecule has 34 heavy (non-hydrogen) atoms. The van der Waals surface area contributed by atoms with E-state index in [2.05, 4.69) is 21.3 Å². The number of urea groups is 2. The third kappa shape index (κ3) is 12.1. The molecule has 0 aliphatic carbocycles. The minimum absolute atomic E-state index is 0.126. The van der Waals surface area contributed by atoms with E-state index >= 15 is 0 Å². The van der Waals surface area contributed by atoms with Crippen molar-refractivity contribution in [3.63, 3.8) is 0 Å². The van der Waals surface area contributed by atoms with Gasteiger partial charge in [0.2, 0.25) is 0 Å². The molecule has 0 heterocycles. The van der Waals surface area contributed by atoms with E-state index in [1.165, 1.54) is 0 Å². The molecule has 2 rings (SSSR count). The molecule has 2 aromatic rings. The summed E-state index contributed by atoms with van der Waals surface area (Å²) in [4.78, 5) is 50.7. The zero-order valence-corrected chi connectivity index (χ0v) is 20.7. The molecule has 10 nitrogen and oxygen atoms in total. The number of hydrogen-bond acceptors (Lipinski definition) is 4. The smallest absolute Gasteiger partial charge is 0.329 e. The Hall–Kier alpha value is -2.48. The normalized spacial score (nSPS) is 11.4. The van der Waals surface area contributed by atoms with Crippen LogP contribution in [0.1, 0.15) is 36.8 Å². The Balaban J connectivity index is 1.50. The molecule has 12 heteroatoms. The zero-order chi connectivity index (χ0) is 24.8. The summed E-state index contributed by atoms with van der Waals surface area (Å²) >= 11 is 0. The van der Waals surface area contributed by atoms with Gasteiger partial charge in [0.25, 0.3) is 0 Å². The second-order valence-electron chi connectivity index (χ2n) is 7.73. The standard InChI is InChI=1S/C22H32N4O6P2/c27-21(25-19-9-5-17(6-10-19)15-33-29)23-13-3-1-2-4-14-24-22(28)26-20-11-7-18(8-12-20)16-34(30,31)32/h5-12,29,33H,1-4,13-16H2,(H2,23,25,27)(H2,24,26,28)(H2,30,31,32). The van der Waals surface area contributed by atoms with E-state index in [1.54, 1.807) is 36.4 Å². The highest BCUT2D eigenvalue weighted by Crippen LogP contribution is 2.39. The minimum Gasteiger partial charge on any atom is -0.377 e. The van der Waals surface area contributed by atoms with Crippen LogP contribution in [0.5, 0.6) is 0 Å². The monoisotopic (exact) mass is 510 g/mol. The first-order valence-corrected chi connectivity index (χ1v) is 13.9. The van der Waals surface area contributed by atoms with Crippen molar-refractivity contribution in [2.45, 2.75) is 38.0 Å². The summed E-state index contributed by atoms with van der Waals surface area (Å²) in [5, 5.41) is 11.0. The van der Waals surface area contributed by atoms with Crippen molar-refractivity contribution in [2.75, 3.05) is 23.7 Å². The Bertz CT molecular complexity index is 951.